The van der Waals surface area contributed by atoms with Crippen molar-refractivity contribution >= 4 is 27.7 Å². The van der Waals surface area contributed by atoms with E-state index in [4.69, 9.17) is 0 Å². The standard InChI is InChI=1S/C11H12BrN3O/c1-7(8-5-13-6-8)11(16)15-10-9(12)3-2-4-14-10/h2-4,13H,5-6H2,1H3,(H,14,15,16). The van der Waals surface area contributed by atoms with Gasteiger partial charge < -0.3 is 10.6 Å². The van der Waals surface area contributed by atoms with Crippen molar-refractivity contribution in [3.63, 3.8) is 0 Å². The molecule has 1 amide bonds. The molecule has 1 aliphatic rings. The summed E-state index contributed by atoms with van der Waals surface area (Å²) in [5, 5.41) is 5.89. The molecule has 1 aromatic rings. The minimum absolute atomic E-state index is 0.0871. The van der Waals surface area contributed by atoms with Gasteiger partial charge in [-0.3, -0.25) is 4.79 Å². The molecule has 0 saturated carbocycles. The average Bonchev–Trinajstić information content (AvgIpc) is 2.18. The molecule has 1 aliphatic heterocycles. The second-order valence-electron chi connectivity index (χ2n) is 3.62. The molecule has 4 nitrogen and oxygen atoms in total. The maximum absolute atomic E-state index is 11.8. The number of pyridine rings is 1. The molecule has 2 rings (SSSR count). The number of hydrogen-bond acceptors (Lipinski definition) is 3. The molecule has 2 heterocycles. The molecule has 1 aromatic heterocycles. The van der Waals surface area contributed by atoms with Crippen LogP contribution in [-0.4, -0.2) is 24.0 Å². The summed E-state index contributed by atoms with van der Waals surface area (Å²) in [5.41, 5.74) is 1.93. The number of amides is 1. The molecular weight excluding hydrogens is 270 g/mol. The van der Waals surface area contributed by atoms with Crippen molar-refractivity contribution in [2.75, 3.05) is 18.4 Å². The Kier molecular flexibility index (Phi) is 3.36. The predicted octanol–water partition coefficient (Wildman–Crippen LogP) is 1.70. The van der Waals surface area contributed by atoms with E-state index < -0.39 is 0 Å². The summed E-state index contributed by atoms with van der Waals surface area (Å²) >= 11 is 3.34. The fourth-order valence-electron chi connectivity index (χ4n) is 1.35. The molecule has 0 unspecified atom stereocenters. The van der Waals surface area contributed by atoms with E-state index in [1.807, 2.05) is 13.0 Å². The van der Waals surface area contributed by atoms with E-state index in [1.165, 1.54) is 0 Å². The lowest BCUT2D eigenvalue weighted by atomic mass is 10.0. The summed E-state index contributed by atoms with van der Waals surface area (Å²) in [4.78, 5) is 15.9. The number of anilines is 1. The average molecular weight is 282 g/mol. The van der Waals surface area contributed by atoms with Gasteiger partial charge in [-0.05, 0) is 40.6 Å². The van der Waals surface area contributed by atoms with Crippen LogP contribution in [0.15, 0.2) is 33.9 Å². The molecular formula is C11H12BrN3O. The number of carbonyl (C=O) groups excluding carboxylic acids is 1. The monoisotopic (exact) mass is 281 g/mol. The van der Waals surface area contributed by atoms with Gasteiger partial charge in [-0.2, -0.15) is 0 Å². The SMILES string of the molecule is CC(C(=O)Nc1ncccc1Br)=C1CNC1. The van der Waals surface area contributed by atoms with Gasteiger partial charge in [0.05, 0.1) is 4.47 Å². The van der Waals surface area contributed by atoms with Crippen molar-refractivity contribution in [3.05, 3.63) is 33.9 Å². The molecule has 0 aromatic carbocycles. The number of halogens is 1. The van der Waals surface area contributed by atoms with Crippen LogP contribution in [0.1, 0.15) is 6.92 Å². The topological polar surface area (TPSA) is 54.0 Å². The van der Waals surface area contributed by atoms with Crippen LogP contribution in [0.3, 0.4) is 0 Å². The molecule has 84 valence electrons. The molecule has 0 bridgehead atoms. The van der Waals surface area contributed by atoms with Crippen molar-refractivity contribution in [2.45, 2.75) is 6.92 Å². The Morgan fingerprint density at radius 1 is 1.56 bits per heavy atom. The first-order chi connectivity index (χ1) is 7.68. The minimum Gasteiger partial charge on any atom is -0.309 e. The van der Waals surface area contributed by atoms with Gasteiger partial charge in [0.25, 0.3) is 5.91 Å². The highest BCUT2D eigenvalue weighted by atomic mass is 79.9. The van der Waals surface area contributed by atoms with Crippen LogP contribution >= 0.6 is 15.9 Å². The van der Waals surface area contributed by atoms with E-state index >= 15 is 0 Å². The van der Waals surface area contributed by atoms with Gasteiger partial charge in [0.15, 0.2) is 0 Å². The smallest absolute Gasteiger partial charge is 0.252 e. The predicted molar refractivity (Wildman–Crippen MR) is 66.1 cm³/mol. The van der Waals surface area contributed by atoms with Gasteiger partial charge in [-0.1, -0.05) is 0 Å². The molecule has 1 fully saturated rings. The van der Waals surface area contributed by atoms with Gasteiger partial charge in [0, 0.05) is 24.9 Å². The van der Waals surface area contributed by atoms with E-state index in [0.717, 1.165) is 28.7 Å². The van der Waals surface area contributed by atoms with Crippen LogP contribution in [0.4, 0.5) is 5.82 Å². The third-order valence-corrected chi connectivity index (χ3v) is 3.18. The number of rotatable bonds is 2. The van der Waals surface area contributed by atoms with Crippen LogP contribution < -0.4 is 10.6 Å². The molecule has 5 heteroatoms. The Morgan fingerprint density at radius 2 is 2.31 bits per heavy atom. The summed E-state index contributed by atoms with van der Waals surface area (Å²) in [6, 6.07) is 3.65. The third kappa shape index (κ3) is 2.31. The number of carbonyl (C=O) groups is 1. The van der Waals surface area contributed by atoms with E-state index in [2.05, 4.69) is 31.5 Å². The fraction of sp³-hybridized carbons (Fsp3) is 0.273. The van der Waals surface area contributed by atoms with Crippen molar-refractivity contribution in [1.82, 2.24) is 10.3 Å². The quantitative estimate of drug-likeness (QED) is 0.812. The zero-order valence-electron chi connectivity index (χ0n) is 8.88. The van der Waals surface area contributed by atoms with Gasteiger partial charge in [-0.25, -0.2) is 4.98 Å². The Bertz CT molecular complexity index is 450. The first-order valence-corrected chi connectivity index (χ1v) is 5.79. The summed E-state index contributed by atoms with van der Waals surface area (Å²) in [6.45, 7) is 3.45. The maximum Gasteiger partial charge on any atom is 0.252 e. The lowest BCUT2D eigenvalue weighted by Crippen LogP contribution is -2.36. The van der Waals surface area contributed by atoms with Crippen LogP contribution in [0.2, 0.25) is 0 Å². The molecule has 16 heavy (non-hydrogen) atoms. The Balaban J connectivity index is 2.11. The summed E-state index contributed by atoms with van der Waals surface area (Å²) in [5.74, 6) is 0.468. The van der Waals surface area contributed by atoms with E-state index in [9.17, 15) is 4.79 Å². The first-order valence-electron chi connectivity index (χ1n) is 4.99. The number of nitrogens with zero attached hydrogens (tertiary/aromatic N) is 1. The van der Waals surface area contributed by atoms with E-state index in [-0.39, 0.29) is 5.91 Å². The van der Waals surface area contributed by atoms with Gasteiger partial charge >= 0.3 is 0 Å². The lowest BCUT2D eigenvalue weighted by Gasteiger charge is -2.21. The van der Waals surface area contributed by atoms with Crippen molar-refractivity contribution in [3.8, 4) is 0 Å². The Labute approximate surface area is 102 Å². The summed E-state index contributed by atoms with van der Waals surface area (Å²) in [7, 11) is 0. The lowest BCUT2D eigenvalue weighted by molar-refractivity contribution is -0.112. The van der Waals surface area contributed by atoms with Crippen molar-refractivity contribution in [1.29, 1.82) is 0 Å². The highest BCUT2D eigenvalue weighted by molar-refractivity contribution is 9.10. The molecule has 0 atom stereocenters. The molecule has 0 spiro atoms. The highest BCUT2D eigenvalue weighted by Gasteiger charge is 2.16. The zero-order chi connectivity index (χ0) is 11.5. The second kappa shape index (κ2) is 4.76. The van der Waals surface area contributed by atoms with Crippen LogP contribution in [-0.2, 0) is 4.79 Å². The molecule has 0 aliphatic carbocycles. The van der Waals surface area contributed by atoms with Crippen molar-refractivity contribution < 1.29 is 4.79 Å². The number of nitrogens with one attached hydrogen (secondary N) is 2. The van der Waals surface area contributed by atoms with Crippen LogP contribution in [0.5, 0.6) is 0 Å². The van der Waals surface area contributed by atoms with Gasteiger partial charge in [-0.15, -0.1) is 0 Å². The minimum atomic E-state index is -0.0871. The van der Waals surface area contributed by atoms with E-state index in [1.54, 1.807) is 12.3 Å². The van der Waals surface area contributed by atoms with E-state index in [0.29, 0.717) is 5.82 Å². The molecule has 0 radical (unpaired) electrons. The summed E-state index contributed by atoms with van der Waals surface area (Å²) in [6.07, 6.45) is 1.65. The Morgan fingerprint density at radius 3 is 2.88 bits per heavy atom. The third-order valence-electron chi connectivity index (χ3n) is 2.54. The maximum atomic E-state index is 11.8. The number of aromatic nitrogens is 1. The van der Waals surface area contributed by atoms with Crippen LogP contribution in [0.25, 0.3) is 0 Å². The first kappa shape index (κ1) is 11.3. The van der Waals surface area contributed by atoms with Gasteiger partial charge in [0.2, 0.25) is 0 Å². The zero-order valence-corrected chi connectivity index (χ0v) is 10.5. The van der Waals surface area contributed by atoms with Gasteiger partial charge in [0.1, 0.15) is 5.82 Å². The van der Waals surface area contributed by atoms with Crippen LogP contribution in [0, 0.1) is 0 Å². The van der Waals surface area contributed by atoms with Crippen molar-refractivity contribution in [2.24, 2.45) is 0 Å². The fourth-order valence-corrected chi connectivity index (χ4v) is 1.71. The number of hydrogen-bond donors (Lipinski definition) is 2. The Hall–Kier alpha value is -1.20. The summed E-state index contributed by atoms with van der Waals surface area (Å²) < 4.78 is 0.785. The molecule has 1 saturated heterocycles. The highest BCUT2D eigenvalue weighted by Crippen LogP contribution is 2.19. The molecule has 2 N–H and O–H groups in total. The second-order valence-corrected chi connectivity index (χ2v) is 4.47. The largest absolute Gasteiger partial charge is 0.309 e. The normalized spacial score (nSPS) is 14.2.